The lowest BCUT2D eigenvalue weighted by atomic mass is 10.2. The van der Waals surface area contributed by atoms with Crippen molar-refractivity contribution in [2.45, 2.75) is 30.7 Å². The summed E-state index contributed by atoms with van der Waals surface area (Å²) in [6.45, 7) is 2.13. The second-order valence-electron chi connectivity index (χ2n) is 4.69. The molecule has 0 bridgehead atoms. The highest BCUT2D eigenvalue weighted by molar-refractivity contribution is 8.06. The third kappa shape index (κ3) is 4.83. The fourth-order valence-corrected chi connectivity index (χ4v) is 2.91. The Morgan fingerprint density at radius 3 is 2.33 bits per heavy atom. The van der Waals surface area contributed by atoms with E-state index in [1.54, 1.807) is 12.1 Å². The van der Waals surface area contributed by atoms with Gasteiger partial charge < -0.3 is 17.2 Å². The molecule has 0 aromatic heterocycles. The Bertz CT molecular complexity index is 619. The molecular weight excluding hydrogens is 292 g/mol. The van der Waals surface area contributed by atoms with Gasteiger partial charge in [0, 0.05) is 6.54 Å². The van der Waals surface area contributed by atoms with Crippen molar-refractivity contribution in [3.8, 4) is 0 Å². The Hall–Kier alpha value is -1.93. The summed E-state index contributed by atoms with van der Waals surface area (Å²) in [5.74, 6) is -0.0535. The van der Waals surface area contributed by atoms with Gasteiger partial charge in [0.05, 0.1) is 10.9 Å². The van der Waals surface area contributed by atoms with E-state index in [1.807, 2.05) is 6.92 Å². The lowest BCUT2D eigenvalue weighted by molar-refractivity contribution is -0.113. The third-order valence-corrected chi connectivity index (χ3v) is 4.59. The van der Waals surface area contributed by atoms with Crippen molar-refractivity contribution in [1.29, 1.82) is 0 Å². The first-order valence-corrected chi connectivity index (χ1v) is 7.90. The van der Waals surface area contributed by atoms with Gasteiger partial charge in [-0.05, 0) is 31.9 Å². The van der Waals surface area contributed by atoms with Gasteiger partial charge in [0.15, 0.2) is 5.96 Å². The number of carbonyl (C=O) groups excluding carboxylic acids is 1. The molecule has 1 rings (SSSR count). The Morgan fingerprint density at radius 2 is 1.81 bits per heavy atom. The molecule has 7 nitrogen and oxygen atoms in total. The van der Waals surface area contributed by atoms with Crippen molar-refractivity contribution in [2.24, 2.45) is 22.2 Å². The number of aryl methyl sites for hydroxylation is 1. The summed E-state index contributed by atoms with van der Waals surface area (Å²) < 4.78 is 24.3. The van der Waals surface area contributed by atoms with Crippen LogP contribution in [0.25, 0.3) is 0 Å². The van der Waals surface area contributed by atoms with Crippen molar-refractivity contribution in [3.05, 3.63) is 29.8 Å². The zero-order valence-corrected chi connectivity index (χ0v) is 12.6. The van der Waals surface area contributed by atoms with Crippen LogP contribution >= 0.6 is 0 Å². The van der Waals surface area contributed by atoms with Crippen LogP contribution in [0.3, 0.4) is 0 Å². The molecule has 0 heterocycles. The molecule has 0 spiro atoms. The maximum absolute atomic E-state index is 12.1. The van der Waals surface area contributed by atoms with E-state index in [9.17, 15) is 13.2 Å². The summed E-state index contributed by atoms with van der Waals surface area (Å²) in [6.07, 6.45) is 0.620. The van der Waals surface area contributed by atoms with E-state index in [4.69, 9.17) is 17.2 Å². The van der Waals surface area contributed by atoms with Gasteiger partial charge in [-0.25, -0.2) is 8.42 Å². The summed E-state index contributed by atoms with van der Waals surface area (Å²) >= 11 is 0. The minimum atomic E-state index is -4.06. The van der Waals surface area contributed by atoms with E-state index in [2.05, 4.69) is 4.99 Å². The minimum absolute atomic E-state index is 0.0437. The number of hydrogen-bond donors (Lipinski definition) is 3. The lowest BCUT2D eigenvalue weighted by Gasteiger charge is -2.10. The third-order valence-electron chi connectivity index (χ3n) is 2.87. The standard InChI is InChI=1S/C13H20N4O3S/c1-9-4-6-10(7-5-9)21(19,20)12(18)11(14)3-2-8-17-13(15)16/h4-7,11H,2-3,8,14H2,1H3,(H4,15,16,17)/t11-/m0/s1. The molecule has 0 saturated heterocycles. The Kier molecular flexibility index (Phi) is 5.86. The van der Waals surface area contributed by atoms with Gasteiger partial charge in [-0.2, -0.15) is 0 Å². The van der Waals surface area contributed by atoms with E-state index >= 15 is 0 Å². The van der Waals surface area contributed by atoms with E-state index in [1.165, 1.54) is 12.1 Å². The summed E-state index contributed by atoms with van der Waals surface area (Å²) in [5.41, 5.74) is 16.9. The van der Waals surface area contributed by atoms with Crippen LogP contribution in [0.1, 0.15) is 18.4 Å². The molecule has 0 unspecified atom stereocenters. The molecule has 0 radical (unpaired) electrons. The number of rotatable bonds is 6. The summed E-state index contributed by atoms with van der Waals surface area (Å²) in [4.78, 5) is 15.7. The first-order valence-electron chi connectivity index (χ1n) is 6.41. The van der Waals surface area contributed by atoms with Crippen LogP contribution < -0.4 is 17.2 Å². The van der Waals surface area contributed by atoms with Crippen molar-refractivity contribution in [2.75, 3.05) is 6.54 Å². The molecule has 0 fully saturated rings. The highest BCUT2D eigenvalue weighted by Crippen LogP contribution is 2.15. The number of aliphatic imine (C=N–C) groups is 1. The normalized spacial score (nSPS) is 12.7. The molecule has 0 amide bonds. The second-order valence-corrected chi connectivity index (χ2v) is 6.57. The van der Waals surface area contributed by atoms with E-state index in [0.29, 0.717) is 13.0 Å². The van der Waals surface area contributed by atoms with Gasteiger partial charge in [-0.1, -0.05) is 17.7 Å². The van der Waals surface area contributed by atoms with Gasteiger partial charge in [-0.15, -0.1) is 0 Å². The largest absolute Gasteiger partial charge is 0.370 e. The fourth-order valence-electron chi connectivity index (χ4n) is 1.67. The van der Waals surface area contributed by atoms with Crippen LogP contribution in [0.15, 0.2) is 34.2 Å². The van der Waals surface area contributed by atoms with Gasteiger partial charge in [-0.3, -0.25) is 9.79 Å². The zero-order chi connectivity index (χ0) is 16.0. The molecule has 0 saturated carbocycles. The molecule has 116 valence electrons. The molecule has 0 aliphatic heterocycles. The van der Waals surface area contributed by atoms with Gasteiger partial charge >= 0.3 is 0 Å². The highest BCUT2D eigenvalue weighted by Gasteiger charge is 2.29. The van der Waals surface area contributed by atoms with Crippen LogP contribution in [0.5, 0.6) is 0 Å². The van der Waals surface area contributed by atoms with Crippen molar-refractivity contribution in [3.63, 3.8) is 0 Å². The van der Waals surface area contributed by atoms with Crippen molar-refractivity contribution >= 4 is 20.9 Å². The monoisotopic (exact) mass is 312 g/mol. The molecule has 1 aromatic carbocycles. The maximum Gasteiger partial charge on any atom is 0.267 e. The van der Waals surface area contributed by atoms with Crippen LogP contribution in [-0.2, 0) is 14.6 Å². The average molecular weight is 312 g/mol. The topological polar surface area (TPSA) is 142 Å². The van der Waals surface area contributed by atoms with E-state index in [-0.39, 0.29) is 17.3 Å². The molecule has 1 aromatic rings. The average Bonchev–Trinajstić information content (AvgIpc) is 2.42. The van der Waals surface area contributed by atoms with Crippen LogP contribution in [-0.4, -0.2) is 32.1 Å². The number of carbonyl (C=O) groups is 1. The molecule has 0 aliphatic rings. The summed E-state index contributed by atoms with van der Waals surface area (Å²) in [7, 11) is -4.06. The predicted octanol–water partition coefficient (Wildman–Crippen LogP) is -0.324. The Labute approximate surface area is 124 Å². The number of nitrogens with zero attached hydrogens (tertiary/aromatic N) is 1. The number of guanidine groups is 1. The van der Waals surface area contributed by atoms with E-state index < -0.39 is 21.0 Å². The number of nitrogens with two attached hydrogens (primary N) is 3. The SMILES string of the molecule is Cc1ccc(S(=O)(=O)C(=O)[C@@H](N)CCCN=C(N)N)cc1. The first kappa shape index (κ1) is 17.1. The van der Waals surface area contributed by atoms with Crippen molar-refractivity contribution in [1.82, 2.24) is 0 Å². The molecule has 1 atom stereocenters. The molecule has 6 N–H and O–H groups in total. The van der Waals surface area contributed by atoms with E-state index in [0.717, 1.165) is 5.56 Å². The van der Waals surface area contributed by atoms with Crippen LogP contribution in [0.4, 0.5) is 0 Å². The van der Waals surface area contributed by atoms with Gasteiger partial charge in [0.25, 0.3) is 5.12 Å². The Morgan fingerprint density at radius 1 is 1.24 bits per heavy atom. The van der Waals surface area contributed by atoms with Crippen LogP contribution in [0.2, 0.25) is 0 Å². The lowest BCUT2D eigenvalue weighted by Crippen LogP contribution is -2.36. The number of benzene rings is 1. The fraction of sp³-hybridized carbons (Fsp3) is 0.385. The summed E-state index contributed by atoms with van der Waals surface area (Å²) in [5, 5.41) is -0.990. The van der Waals surface area contributed by atoms with Crippen molar-refractivity contribution < 1.29 is 13.2 Å². The second kappa shape index (κ2) is 7.19. The Balaban J connectivity index is 2.72. The zero-order valence-electron chi connectivity index (χ0n) is 11.8. The van der Waals surface area contributed by atoms with Gasteiger partial charge in [0.2, 0.25) is 9.84 Å². The smallest absolute Gasteiger partial charge is 0.267 e. The highest BCUT2D eigenvalue weighted by atomic mass is 32.2. The maximum atomic E-state index is 12.1. The minimum Gasteiger partial charge on any atom is -0.370 e. The number of sulfone groups is 1. The first-order chi connectivity index (χ1) is 9.75. The molecule has 8 heteroatoms. The number of hydrogen-bond acceptors (Lipinski definition) is 5. The van der Waals surface area contributed by atoms with Crippen LogP contribution in [0, 0.1) is 6.92 Å². The molecule has 21 heavy (non-hydrogen) atoms. The van der Waals surface area contributed by atoms with Gasteiger partial charge in [0.1, 0.15) is 0 Å². The molecular formula is C13H20N4O3S. The summed E-state index contributed by atoms with van der Waals surface area (Å²) in [6, 6.07) is 4.96. The predicted molar refractivity (Wildman–Crippen MR) is 81.3 cm³/mol. The molecule has 0 aliphatic carbocycles. The quantitative estimate of drug-likeness (QED) is 0.373.